The Bertz CT molecular complexity index is 930. The van der Waals surface area contributed by atoms with Gasteiger partial charge in [-0.25, -0.2) is 4.68 Å². The fraction of sp³-hybridized carbons (Fsp3) is 0.263. The number of carbonyl (C=O) groups excluding carboxylic acids is 1. The second-order valence-electron chi connectivity index (χ2n) is 6.10. The molecule has 2 aromatic heterocycles. The van der Waals surface area contributed by atoms with Crippen LogP contribution >= 0.6 is 0 Å². The molecule has 0 saturated heterocycles. The molecule has 0 unspecified atom stereocenters. The highest BCUT2D eigenvalue weighted by Gasteiger charge is 2.32. The first-order valence-electron chi connectivity index (χ1n) is 8.29. The number of methoxy groups -OCH3 is 2. The summed E-state index contributed by atoms with van der Waals surface area (Å²) in [6, 6.07) is 9.31. The van der Waals surface area contributed by atoms with E-state index in [0.717, 1.165) is 28.4 Å². The maximum absolute atomic E-state index is 12.4. The molecule has 1 aromatic carbocycles. The lowest BCUT2D eigenvalue weighted by molar-refractivity contribution is -0.116. The standard InChI is InChI=1S/C19H19N3O4/c1-24-12-5-6-17(25-2)15(8-12)14-9-18(23)21-19-16(14)10-20-22(19)11-13-4-3-7-26-13/h3-8,10,14H,9,11H2,1-2H3,(H,21,23)/t14-/m1/s1. The monoisotopic (exact) mass is 353 g/mol. The number of hydrogen-bond acceptors (Lipinski definition) is 5. The van der Waals surface area contributed by atoms with Gasteiger partial charge in [0.25, 0.3) is 0 Å². The average molecular weight is 353 g/mol. The van der Waals surface area contributed by atoms with Gasteiger partial charge in [0, 0.05) is 23.5 Å². The third-order valence-electron chi connectivity index (χ3n) is 4.59. The van der Waals surface area contributed by atoms with Crippen LogP contribution in [0.15, 0.2) is 47.2 Å². The highest BCUT2D eigenvalue weighted by molar-refractivity contribution is 5.94. The summed E-state index contributed by atoms with van der Waals surface area (Å²) in [5.74, 6) is 2.67. The van der Waals surface area contributed by atoms with E-state index in [2.05, 4.69) is 10.4 Å². The van der Waals surface area contributed by atoms with Crippen LogP contribution in [0.4, 0.5) is 5.82 Å². The third kappa shape index (κ3) is 2.81. The smallest absolute Gasteiger partial charge is 0.226 e. The minimum absolute atomic E-state index is 0.0615. The van der Waals surface area contributed by atoms with Gasteiger partial charge < -0.3 is 19.2 Å². The first-order valence-corrected chi connectivity index (χ1v) is 8.29. The van der Waals surface area contributed by atoms with Gasteiger partial charge >= 0.3 is 0 Å². The minimum atomic E-state index is -0.158. The van der Waals surface area contributed by atoms with Gasteiger partial charge in [0.1, 0.15) is 29.6 Å². The van der Waals surface area contributed by atoms with E-state index in [1.54, 1.807) is 31.4 Å². The normalized spacial score (nSPS) is 16.1. The molecule has 26 heavy (non-hydrogen) atoms. The molecule has 0 aliphatic carbocycles. The SMILES string of the molecule is COc1ccc(OC)c([C@H]2CC(=O)Nc3c2cnn3Cc2ccco2)c1. The van der Waals surface area contributed by atoms with E-state index in [4.69, 9.17) is 13.9 Å². The van der Waals surface area contributed by atoms with Crippen molar-refractivity contribution in [3.8, 4) is 11.5 Å². The van der Waals surface area contributed by atoms with E-state index in [0.29, 0.717) is 18.8 Å². The number of carbonyl (C=O) groups is 1. The minimum Gasteiger partial charge on any atom is -0.497 e. The summed E-state index contributed by atoms with van der Waals surface area (Å²) in [6.07, 6.45) is 3.73. The molecule has 1 amide bonds. The van der Waals surface area contributed by atoms with Crippen LogP contribution in [-0.4, -0.2) is 29.9 Å². The van der Waals surface area contributed by atoms with Crippen molar-refractivity contribution in [2.75, 3.05) is 19.5 Å². The van der Waals surface area contributed by atoms with Crippen molar-refractivity contribution in [2.24, 2.45) is 0 Å². The molecule has 3 aromatic rings. The molecule has 1 aliphatic rings. The Morgan fingerprint density at radius 1 is 1.27 bits per heavy atom. The molecule has 134 valence electrons. The number of rotatable bonds is 5. The lowest BCUT2D eigenvalue weighted by Gasteiger charge is -2.25. The molecule has 1 aliphatic heterocycles. The molecule has 7 nitrogen and oxygen atoms in total. The van der Waals surface area contributed by atoms with Crippen LogP contribution in [-0.2, 0) is 11.3 Å². The Balaban J connectivity index is 1.77. The summed E-state index contributed by atoms with van der Waals surface area (Å²) in [5.41, 5.74) is 1.85. The number of fused-ring (bicyclic) bond motifs is 1. The average Bonchev–Trinajstić information content (AvgIpc) is 3.31. The van der Waals surface area contributed by atoms with E-state index < -0.39 is 0 Å². The number of ether oxygens (including phenoxy) is 2. The molecule has 0 saturated carbocycles. The van der Waals surface area contributed by atoms with Crippen LogP contribution in [0.25, 0.3) is 0 Å². The molecule has 0 bridgehead atoms. The van der Waals surface area contributed by atoms with Gasteiger partial charge in [-0.2, -0.15) is 5.10 Å². The maximum Gasteiger partial charge on any atom is 0.226 e. The number of hydrogen-bond donors (Lipinski definition) is 1. The van der Waals surface area contributed by atoms with Crippen molar-refractivity contribution in [3.63, 3.8) is 0 Å². The molecule has 1 N–H and O–H groups in total. The number of furan rings is 1. The Morgan fingerprint density at radius 2 is 2.15 bits per heavy atom. The fourth-order valence-electron chi connectivity index (χ4n) is 3.33. The number of nitrogens with one attached hydrogen (secondary N) is 1. The number of benzene rings is 1. The molecule has 4 rings (SSSR count). The van der Waals surface area contributed by atoms with Gasteiger partial charge in [-0.15, -0.1) is 0 Å². The zero-order chi connectivity index (χ0) is 18.1. The zero-order valence-corrected chi connectivity index (χ0v) is 14.6. The van der Waals surface area contributed by atoms with Gasteiger partial charge in [-0.1, -0.05) is 0 Å². The van der Waals surface area contributed by atoms with Gasteiger partial charge in [0.05, 0.1) is 26.7 Å². The first-order chi connectivity index (χ1) is 12.7. The van der Waals surface area contributed by atoms with Crippen molar-refractivity contribution in [1.82, 2.24) is 9.78 Å². The first kappa shape index (κ1) is 16.3. The van der Waals surface area contributed by atoms with Gasteiger partial charge in [0.15, 0.2) is 0 Å². The molecule has 7 heteroatoms. The van der Waals surface area contributed by atoms with Crippen molar-refractivity contribution < 1.29 is 18.7 Å². The summed E-state index contributed by atoms with van der Waals surface area (Å²) in [4.78, 5) is 12.4. The van der Waals surface area contributed by atoms with Gasteiger partial charge in [-0.3, -0.25) is 4.79 Å². The molecule has 0 fully saturated rings. The fourth-order valence-corrected chi connectivity index (χ4v) is 3.33. The quantitative estimate of drug-likeness (QED) is 0.763. The largest absolute Gasteiger partial charge is 0.497 e. The Hall–Kier alpha value is -3.22. The number of anilines is 1. The summed E-state index contributed by atoms with van der Waals surface area (Å²) in [6.45, 7) is 0.449. The molecule has 1 atom stereocenters. The van der Waals surface area contributed by atoms with Crippen LogP contribution < -0.4 is 14.8 Å². The van der Waals surface area contributed by atoms with E-state index >= 15 is 0 Å². The lowest BCUT2D eigenvalue weighted by atomic mass is 9.86. The van der Waals surface area contributed by atoms with Crippen LogP contribution in [0.5, 0.6) is 11.5 Å². The number of amides is 1. The second-order valence-corrected chi connectivity index (χ2v) is 6.10. The highest BCUT2D eigenvalue weighted by atomic mass is 16.5. The van der Waals surface area contributed by atoms with Crippen molar-refractivity contribution in [2.45, 2.75) is 18.9 Å². The summed E-state index contributed by atoms with van der Waals surface area (Å²) in [7, 11) is 3.24. The molecular weight excluding hydrogens is 334 g/mol. The van der Waals surface area contributed by atoms with E-state index in [-0.39, 0.29) is 11.8 Å². The lowest BCUT2D eigenvalue weighted by Crippen LogP contribution is -2.25. The molecular formula is C19H19N3O4. The molecule has 0 radical (unpaired) electrons. The van der Waals surface area contributed by atoms with E-state index in [1.807, 2.05) is 30.3 Å². The third-order valence-corrected chi connectivity index (χ3v) is 4.59. The van der Waals surface area contributed by atoms with Crippen LogP contribution in [0.2, 0.25) is 0 Å². The zero-order valence-electron chi connectivity index (χ0n) is 14.6. The maximum atomic E-state index is 12.4. The van der Waals surface area contributed by atoms with Gasteiger partial charge in [0.2, 0.25) is 5.91 Å². The number of nitrogens with zero attached hydrogens (tertiary/aromatic N) is 2. The van der Waals surface area contributed by atoms with Crippen molar-refractivity contribution in [1.29, 1.82) is 0 Å². The van der Waals surface area contributed by atoms with Crippen LogP contribution in [0.1, 0.15) is 29.2 Å². The number of aromatic nitrogens is 2. The van der Waals surface area contributed by atoms with Crippen molar-refractivity contribution >= 4 is 11.7 Å². The Morgan fingerprint density at radius 3 is 2.88 bits per heavy atom. The summed E-state index contributed by atoms with van der Waals surface area (Å²) < 4.78 is 18.0. The Labute approximate surface area is 150 Å². The highest BCUT2D eigenvalue weighted by Crippen LogP contribution is 2.42. The van der Waals surface area contributed by atoms with Crippen molar-refractivity contribution in [3.05, 3.63) is 59.7 Å². The Kier molecular flexibility index (Phi) is 4.12. The van der Waals surface area contributed by atoms with E-state index in [9.17, 15) is 4.79 Å². The molecule has 0 spiro atoms. The summed E-state index contributed by atoms with van der Waals surface area (Å²) >= 11 is 0. The predicted molar refractivity (Wildman–Crippen MR) is 94.7 cm³/mol. The predicted octanol–water partition coefficient (Wildman–Crippen LogP) is 3.02. The molecule has 3 heterocycles. The van der Waals surface area contributed by atoms with E-state index in [1.165, 1.54) is 0 Å². The second kappa shape index (κ2) is 6.59. The summed E-state index contributed by atoms with van der Waals surface area (Å²) in [5, 5.41) is 7.39. The van der Waals surface area contributed by atoms with Gasteiger partial charge in [-0.05, 0) is 30.3 Å². The topological polar surface area (TPSA) is 78.5 Å². The van der Waals surface area contributed by atoms with Crippen LogP contribution in [0, 0.1) is 0 Å². The van der Waals surface area contributed by atoms with Crippen LogP contribution in [0.3, 0.4) is 0 Å².